The van der Waals surface area contributed by atoms with Crippen molar-refractivity contribution in [1.29, 1.82) is 5.26 Å². The SMILES string of the molecule is CC(NC1CN2CCC1CC2)c1cccc(C#N)c1. The zero-order valence-corrected chi connectivity index (χ0v) is 11.5. The first-order valence-electron chi connectivity index (χ1n) is 7.25. The number of piperidine rings is 3. The molecule has 2 unspecified atom stereocenters. The molecule has 3 aliphatic heterocycles. The summed E-state index contributed by atoms with van der Waals surface area (Å²) in [6.45, 7) is 5.95. The van der Waals surface area contributed by atoms with Crippen molar-refractivity contribution >= 4 is 0 Å². The molecule has 1 N–H and O–H groups in total. The fourth-order valence-corrected chi connectivity index (χ4v) is 3.45. The van der Waals surface area contributed by atoms with Gasteiger partial charge in [-0.1, -0.05) is 12.1 Å². The Bertz CT molecular complexity index is 483. The van der Waals surface area contributed by atoms with Crippen LogP contribution in [0.5, 0.6) is 0 Å². The molecule has 3 aliphatic rings. The highest BCUT2D eigenvalue weighted by molar-refractivity contribution is 5.34. The van der Waals surface area contributed by atoms with Gasteiger partial charge in [-0.2, -0.15) is 5.26 Å². The molecule has 1 aromatic carbocycles. The third kappa shape index (κ3) is 2.65. The summed E-state index contributed by atoms with van der Waals surface area (Å²) in [6, 6.07) is 11.1. The van der Waals surface area contributed by atoms with Gasteiger partial charge in [0.05, 0.1) is 11.6 Å². The second kappa shape index (κ2) is 5.32. The summed E-state index contributed by atoms with van der Waals surface area (Å²) < 4.78 is 0. The average molecular weight is 255 g/mol. The first-order valence-corrected chi connectivity index (χ1v) is 7.25. The molecule has 0 saturated carbocycles. The van der Waals surface area contributed by atoms with E-state index >= 15 is 0 Å². The third-order valence-electron chi connectivity index (χ3n) is 4.64. The molecule has 3 saturated heterocycles. The summed E-state index contributed by atoms with van der Waals surface area (Å²) in [5.74, 6) is 0.839. The molecule has 1 aromatic rings. The van der Waals surface area contributed by atoms with Gasteiger partial charge >= 0.3 is 0 Å². The summed E-state index contributed by atoms with van der Waals surface area (Å²) in [5, 5.41) is 12.7. The predicted molar refractivity (Wildman–Crippen MR) is 75.7 cm³/mol. The van der Waals surface area contributed by atoms with Crippen molar-refractivity contribution in [3.05, 3.63) is 35.4 Å². The van der Waals surface area contributed by atoms with Crippen molar-refractivity contribution in [3.8, 4) is 6.07 Å². The number of hydrogen-bond donors (Lipinski definition) is 1. The minimum Gasteiger partial charge on any atom is -0.306 e. The van der Waals surface area contributed by atoms with Crippen LogP contribution in [0.15, 0.2) is 24.3 Å². The van der Waals surface area contributed by atoms with Crippen LogP contribution in [-0.2, 0) is 0 Å². The van der Waals surface area contributed by atoms with Gasteiger partial charge in [-0.25, -0.2) is 0 Å². The molecule has 3 fully saturated rings. The van der Waals surface area contributed by atoms with E-state index in [-0.39, 0.29) is 0 Å². The fourth-order valence-electron chi connectivity index (χ4n) is 3.45. The lowest BCUT2D eigenvalue weighted by atomic mass is 9.83. The Morgan fingerprint density at radius 1 is 1.37 bits per heavy atom. The van der Waals surface area contributed by atoms with Crippen molar-refractivity contribution in [1.82, 2.24) is 10.2 Å². The molecule has 0 aliphatic carbocycles. The van der Waals surface area contributed by atoms with E-state index in [4.69, 9.17) is 5.26 Å². The Balaban J connectivity index is 1.67. The molecular weight excluding hydrogens is 234 g/mol. The van der Waals surface area contributed by atoms with Gasteiger partial charge in [0.1, 0.15) is 0 Å². The highest BCUT2D eigenvalue weighted by atomic mass is 15.2. The molecule has 2 bridgehead atoms. The second-order valence-corrected chi connectivity index (χ2v) is 5.87. The van der Waals surface area contributed by atoms with E-state index < -0.39 is 0 Å². The molecule has 4 rings (SSSR count). The quantitative estimate of drug-likeness (QED) is 0.901. The van der Waals surface area contributed by atoms with Crippen molar-refractivity contribution in [3.63, 3.8) is 0 Å². The van der Waals surface area contributed by atoms with Gasteiger partial charge in [0.25, 0.3) is 0 Å². The smallest absolute Gasteiger partial charge is 0.0991 e. The molecule has 2 atom stereocenters. The third-order valence-corrected chi connectivity index (χ3v) is 4.64. The normalized spacial score (nSPS) is 30.8. The molecular formula is C16H21N3. The lowest BCUT2D eigenvalue weighted by molar-refractivity contribution is 0.0680. The van der Waals surface area contributed by atoms with Gasteiger partial charge < -0.3 is 10.2 Å². The summed E-state index contributed by atoms with van der Waals surface area (Å²) in [4.78, 5) is 2.57. The Kier molecular flexibility index (Phi) is 3.54. The highest BCUT2D eigenvalue weighted by Crippen LogP contribution is 2.29. The van der Waals surface area contributed by atoms with Gasteiger partial charge in [-0.05, 0) is 56.5 Å². The molecule has 0 aromatic heterocycles. The van der Waals surface area contributed by atoms with Gasteiger partial charge in [-0.15, -0.1) is 0 Å². The number of hydrogen-bond acceptors (Lipinski definition) is 3. The van der Waals surface area contributed by atoms with Crippen LogP contribution in [0.1, 0.15) is 36.9 Å². The van der Waals surface area contributed by atoms with E-state index in [1.807, 2.05) is 18.2 Å². The summed E-state index contributed by atoms with van der Waals surface area (Å²) in [5.41, 5.74) is 1.97. The van der Waals surface area contributed by atoms with Crippen molar-refractivity contribution in [2.75, 3.05) is 19.6 Å². The summed E-state index contributed by atoms with van der Waals surface area (Å²) >= 11 is 0. The van der Waals surface area contributed by atoms with Gasteiger partial charge in [-0.3, -0.25) is 0 Å². The number of rotatable bonds is 3. The van der Waals surface area contributed by atoms with Crippen molar-refractivity contribution in [2.45, 2.75) is 31.8 Å². The van der Waals surface area contributed by atoms with Gasteiger partial charge in [0, 0.05) is 18.6 Å². The van der Waals surface area contributed by atoms with Crippen LogP contribution >= 0.6 is 0 Å². The monoisotopic (exact) mass is 255 g/mol. The number of nitriles is 1. The predicted octanol–water partition coefficient (Wildman–Crippen LogP) is 2.30. The molecule has 0 amide bonds. The van der Waals surface area contributed by atoms with Crippen LogP contribution in [-0.4, -0.2) is 30.6 Å². The maximum absolute atomic E-state index is 8.97. The number of benzene rings is 1. The van der Waals surface area contributed by atoms with E-state index in [0.717, 1.165) is 11.5 Å². The minimum absolute atomic E-state index is 0.318. The van der Waals surface area contributed by atoms with E-state index in [2.05, 4.69) is 29.3 Å². The van der Waals surface area contributed by atoms with E-state index in [1.165, 1.54) is 38.0 Å². The molecule has 19 heavy (non-hydrogen) atoms. The number of nitrogens with one attached hydrogen (secondary N) is 1. The topological polar surface area (TPSA) is 39.1 Å². The molecule has 3 heterocycles. The number of nitrogens with zero attached hydrogens (tertiary/aromatic N) is 2. The van der Waals surface area contributed by atoms with Gasteiger partial charge in [0.15, 0.2) is 0 Å². The molecule has 3 heteroatoms. The Morgan fingerprint density at radius 3 is 2.79 bits per heavy atom. The average Bonchev–Trinajstić information content (AvgIpc) is 2.48. The summed E-state index contributed by atoms with van der Waals surface area (Å²) in [7, 11) is 0. The second-order valence-electron chi connectivity index (χ2n) is 5.87. The zero-order chi connectivity index (χ0) is 13.2. The highest BCUT2D eigenvalue weighted by Gasteiger charge is 2.34. The minimum atomic E-state index is 0.318. The standard InChI is InChI=1S/C16H21N3/c1-12(15-4-2-3-13(9-15)10-17)18-16-11-19-7-5-14(16)6-8-19/h2-4,9,12,14,16,18H,5-8,11H2,1H3. The van der Waals surface area contributed by atoms with Crippen LogP contribution in [0.2, 0.25) is 0 Å². The molecule has 3 nitrogen and oxygen atoms in total. The Morgan fingerprint density at radius 2 is 2.16 bits per heavy atom. The van der Waals surface area contributed by atoms with Crippen LogP contribution in [0.25, 0.3) is 0 Å². The van der Waals surface area contributed by atoms with E-state index in [0.29, 0.717) is 12.1 Å². The Labute approximate surface area is 115 Å². The fraction of sp³-hybridized carbons (Fsp3) is 0.562. The zero-order valence-electron chi connectivity index (χ0n) is 11.5. The van der Waals surface area contributed by atoms with Crippen LogP contribution in [0.4, 0.5) is 0 Å². The first-order chi connectivity index (χ1) is 9.26. The van der Waals surface area contributed by atoms with Crippen LogP contribution in [0.3, 0.4) is 0 Å². The summed E-state index contributed by atoms with van der Waals surface area (Å²) in [6.07, 6.45) is 2.67. The maximum atomic E-state index is 8.97. The lowest BCUT2D eigenvalue weighted by Crippen LogP contribution is -2.56. The van der Waals surface area contributed by atoms with Crippen LogP contribution < -0.4 is 5.32 Å². The molecule has 0 radical (unpaired) electrons. The van der Waals surface area contributed by atoms with E-state index in [9.17, 15) is 0 Å². The van der Waals surface area contributed by atoms with Gasteiger partial charge in [0.2, 0.25) is 0 Å². The van der Waals surface area contributed by atoms with Crippen LogP contribution in [0, 0.1) is 17.2 Å². The Hall–Kier alpha value is -1.37. The lowest BCUT2D eigenvalue weighted by Gasteiger charge is -2.46. The molecule has 0 spiro atoms. The van der Waals surface area contributed by atoms with E-state index in [1.54, 1.807) is 0 Å². The molecule has 100 valence electrons. The number of fused-ring (bicyclic) bond motifs is 3. The van der Waals surface area contributed by atoms with Crippen molar-refractivity contribution in [2.24, 2.45) is 5.92 Å². The van der Waals surface area contributed by atoms with Crippen molar-refractivity contribution < 1.29 is 0 Å². The first kappa shape index (κ1) is 12.7. The largest absolute Gasteiger partial charge is 0.306 e. The maximum Gasteiger partial charge on any atom is 0.0991 e.